The zero-order chi connectivity index (χ0) is 26.1. The molecule has 0 aliphatic carbocycles. The number of hydrogen-bond donors (Lipinski definition) is 0. The number of rotatable bonds is 13. The highest BCUT2D eigenvalue weighted by molar-refractivity contribution is 8.19. The molecule has 196 valence electrons. The molecule has 0 radical (unpaired) electrons. The average molecular weight is 571 g/mol. The second-order valence-corrected chi connectivity index (χ2v) is 12.6. The van der Waals surface area contributed by atoms with Crippen LogP contribution in [0, 0.1) is 0 Å². The molecular formula is C25H31ClN2O5S3. The van der Waals surface area contributed by atoms with Crippen LogP contribution < -0.4 is 9.47 Å². The van der Waals surface area contributed by atoms with E-state index in [1.165, 1.54) is 42.7 Å². The quantitative estimate of drug-likeness (QED) is 0.194. The third-order valence-corrected chi connectivity index (χ3v) is 9.53. The van der Waals surface area contributed by atoms with Crippen molar-refractivity contribution in [2.24, 2.45) is 4.40 Å². The maximum atomic E-state index is 13.0. The number of halogens is 1. The molecule has 0 bridgehead atoms. The van der Waals surface area contributed by atoms with Gasteiger partial charge in [0.15, 0.2) is 16.7 Å². The number of likely N-dealkylation sites (N-methyl/N-ethyl adjacent to an activating group) is 1. The number of carbonyl (C=O) groups excluding carboxylic acids is 1. The van der Waals surface area contributed by atoms with E-state index in [1.54, 1.807) is 26.2 Å². The molecule has 1 aliphatic heterocycles. The molecule has 36 heavy (non-hydrogen) atoms. The van der Waals surface area contributed by atoms with Crippen LogP contribution in [0.15, 0.2) is 43.8 Å². The van der Waals surface area contributed by atoms with Crippen LogP contribution in [-0.4, -0.2) is 44.7 Å². The van der Waals surface area contributed by atoms with Gasteiger partial charge in [-0.3, -0.25) is 9.69 Å². The summed E-state index contributed by atoms with van der Waals surface area (Å²) in [6, 6.07) is 8.37. The first-order valence-electron chi connectivity index (χ1n) is 11.9. The number of thiophene rings is 1. The summed E-state index contributed by atoms with van der Waals surface area (Å²) in [5, 5.41) is 0.115. The summed E-state index contributed by atoms with van der Waals surface area (Å²) in [5.41, 5.74) is 0.736. The number of thioether (sulfide) groups is 1. The van der Waals surface area contributed by atoms with Gasteiger partial charge in [-0.1, -0.05) is 56.7 Å². The fourth-order valence-corrected chi connectivity index (χ4v) is 7.25. The second kappa shape index (κ2) is 13.5. The van der Waals surface area contributed by atoms with E-state index in [9.17, 15) is 13.2 Å². The lowest BCUT2D eigenvalue weighted by atomic mass is 10.1. The Morgan fingerprint density at radius 3 is 2.47 bits per heavy atom. The molecule has 1 aromatic carbocycles. The molecule has 1 fully saturated rings. The van der Waals surface area contributed by atoms with Crippen molar-refractivity contribution in [1.82, 2.24) is 4.90 Å². The van der Waals surface area contributed by atoms with Gasteiger partial charge in [-0.25, -0.2) is 0 Å². The molecule has 11 heteroatoms. The third kappa shape index (κ3) is 7.50. The van der Waals surface area contributed by atoms with Crippen molar-refractivity contribution in [3.63, 3.8) is 0 Å². The molecule has 1 amide bonds. The van der Waals surface area contributed by atoms with Gasteiger partial charge in [0.05, 0.1) is 23.0 Å². The zero-order valence-electron chi connectivity index (χ0n) is 20.7. The fraction of sp³-hybridized carbons (Fsp3) is 0.440. The first-order valence-corrected chi connectivity index (χ1v) is 15.4. The minimum Gasteiger partial charge on any atom is -0.493 e. The van der Waals surface area contributed by atoms with Crippen LogP contribution in [0.3, 0.4) is 0 Å². The molecule has 1 aliphatic rings. The standard InChI is InChI=1S/C25H31ClN2O5S3/c1-4-6-7-8-9-10-15-33-19-12-11-18(16-20(19)32-3)17-21-24(29)28(5-2)25(34-21)27-36(30,31)23-14-13-22(26)35-23/h11-14,16-17H,4-10,15H2,1-3H3/b21-17-,27-25+. The third-order valence-electron chi connectivity index (χ3n) is 5.45. The Balaban J connectivity index is 1.72. The zero-order valence-corrected chi connectivity index (χ0v) is 23.9. The van der Waals surface area contributed by atoms with Gasteiger partial charge in [-0.15, -0.1) is 15.7 Å². The van der Waals surface area contributed by atoms with E-state index in [0.29, 0.717) is 27.3 Å². The lowest BCUT2D eigenvalue weighted by molar-refractivity contribution is -0.122. The monoisotopic (exact) mass is 570 g/mol. The lowest BCUT2D eigenvalue weighted by Crippen LogP contribution is -2.29. The minimum atomic E-state index is -3.98. The highest BCUT2D eigenvalue weighted by atomic mass is 35.5. The Morgan fingerprint density at radius 1 is 1.06 bits per heavy atom. The average Bonchev–Trinajstić information content (AvgIpc) is 3.42. The molecule has 0 atom stereocenters. The van der Waals surface area contributed by atoms with Crippen molar-refractivity contribution in [1.29, 1.82) is 0 Å². The number of hydrogen-bond acceptors (Lipinski definition) is 7. The normalized spacial score (nSPS) is 16.3. The number of methoxy groups -OCH3 is 1. The number of amidine groups is 1. The van der Waals surface area contributed by atoms with Gasteiger partial charge in [-0.05, 0) is 61.0 Å². The van der Waals surface area contributed by atoms with Crippen LogP contribution in [0.25, 0.3) is 6.08 Å². The molecule has 1 aromatic heterocycles. The highest BCUT2D eigenvalue weighted by Crippen LogP contribution is 2.36. The Hall–Kier alpha value is -2.01. The van der Waals surface area contributed by atoms with Crippen molar-refractivity contribution in [3.8, 4) is 11.5 Å². The van der Waals surface area contributed by atoms with Crippen LogP contribution >= 0.6 is 34.7 Å². The van der Waals surface area contributed by atoms with Crippen LogP contribution in [-0.2, 0) is 14.8 Å². The maximum absolute atomic E-state index is 13.0. The molecule has 7 nitrogen and oxygen atoms in total. The van der Waals surface area contributed by atoms with Crippen molar-refractivity contribution in [2.45, 2.75) is 56.6 Å². The Morgan fingerprint density at radius 2 is 1.81 bits per heavy atom. The van der Waals surface area contributed by atoms with Crippen LogP contribution in [0.4, 0.5) is 0 Å². The summed E-state index contributed by atoms with van der Waals surface area (Å²) in [6.07, 6.45) is 8.81. The summed E-state index contributed by atoms with van der Waals surface area (Å²) < 4.78 is 41.1. The van der Waals surface area contributed by atoms with Crippen LogP contribution in [0.2, 0.25) is 4.34 Å². The largest absolute Gasteiger partial charge is 0.493 e. The summed E-state index contributed by atoms with van der Waals surface area (Å²) in [5.74, 6) is 0.920. The molecule has 2 aromatic rings. The summed E-state index contributed by atoms with van der Waals surface area (Å²) >= 11 is 7.83. The van der Waals surface area contributed by atoms with Crippen molar-refractivity contribution in [2.75, 3.05) is 20.3 Å². The molecular weight excluding hydrogens is 540 g/mol. The van der Waals surface area contributed by atoms with Crippen LogP contribution in [0.5, 0.6) is 11.5 Å². The van der Waals surface area contributed by atoms with Gasteiger partial charge >= 0.3 is 0 Å². The number of ether oxygens (including phenoxy) is 2. The van der Waals surface area contributed by atoms with Gasteiger partial charge in [0.1, 0.15) is 4.21 Å². The molecule has 2 heterocycles. The fourth-order valence-electron chi connectivity index (χ4n) is 3.55. The van der Waals surface area contributed by atoms with E-state index in [4.69, 9.17) is 21.1 Å². The highest BCUT2D eigenvalue weighted by Gasteiger charge is 2.34. The SMILES string of the molecule is CCCCCCCCOc1ccc(/C=C2\S/C(=N/S(=O)(=O)c3ccc(Cl)s3)N(CC)C2=O)cc1OC. The predicted octanol–water partition coefficient (Wildman–Crippen LogP) is 6.83. The molecule has 0 unspecified atom stereocenters. The van der Waals surface area contributed by atoms with Gasteiger partial charge in [0.25, 0.3) is 15.9 Å². The first kappa shape index (κ1) is 28.6. The van der Waals surface area contributed by atoms with E-state index in [0.717, 1.165) is 41.5 Å². The number of unbranched alkanes of at least 4 members (excludes halogenated alkanes) is 5. The summed E-state index contributed by atoms with van der Waals surface area (Å²) in [6.45, 7) is 4.88. The van der Waals surface area contributed by atoms with E-state index in [1.807, 2.05) is 12.1 Å². The Bertz CT molecular complexity index is 1220. The van der Waals surface area contributed by atoms with E-state index in [2.05, 4.69) is 11.3 Å². The number of amides is 1. The number of benzene rings is 1. The van der Waals surface area contributed by atoms with E-state index < -0.39 is 10.0 Å². The first-order chi connectivity index (χ1) is 17.3. The van der Waals surface area contributed by atoms with Crippen molar-refractivity contribution >= 4 is 61.9 Å². The van der Waals surface area contributed by atoms with Crippen molar-refractivity contribution in [3.05, 3.63) is 45.1 Å². The van der Waals surface area contributed by atoms with Gasteiger partial charge in [0, 0.05) is 6.54 Å². The number of nitrogens with zero attached hydrogens (tertiary/aromatic N) is 2. The molecule has 3 rings (SSSR count). The maximum Gasteiger partial charge on any atom is 0.294 e. The van der Waals surface area contributed by atoms with Gasteiger partial charge in [0.2, 0.25) is 0 Å². The predicted molar refractivity (Wildman–Crippen MR) is 149 cm³/mol. The molecule has 0 N–H and O–H groups in total. The van der Waals surface area contributed by atoms with Gasteiger partial charge < -0.3 is 9.47 Å². The van der Waals surface area contributed by atoms with Crippen LogP contribution in [0.1, 0.15) is 57.9 Å². The topological polar surface area (TPSA) is 85.3 Å². The lowest BCUT2D eigenvalue weighted by Gasteiger charge is -2.12. The molecule has 1 saturated heterocycles. The van der Waals surface area contributed by atoms with Crippen molar-refractivity contribution < 1.29 is 22.7 Å². The number of carbonyl (C=O) groups is 1. The van der Waals surface area contributed by atoms with E-state index in [-0.39, 0.29) is 21.8 Å². The number of sulfonamides is 1. The Labute approximate surface area is 226 Å². The summed E-state index contributed by atoms with van der Waals surface area (Å²) in [7, 11) is -2.40. The van der Waals surface area contributed by atoms with E-state index >= 15 is 0 Å². The molecule has 0 saturated carbocycles. The second-order valence-electron chi connectivity index (χ2n) is 8.09. The molecule has 0 spiro atoms. The Kier molecular flexibility index (Phi) is 10.7. The van der Waals surface area contributed by atoms with Gasteiger partial charge in [-0.2, -0.15) is 8.42 Å². The summed E-state index contributed by atoms with van der Waals surface area (Å²) in [4.78, 5) is 14.7. The smallest absolute Gasteiger partial charge is 0.294 e. The minimum absolute atomic E-state index is 0.0304.